The summed E-state index contributed by atoms with van der Waals surface area (Å²) in [5.74, 6) is 0.814. The van der Waals surface area contributed by atoms with Crippen LogP contribution in [0.2, 0.25) is 5.02 Å². The van der Waals surface area contributed by atoms with Crippen LogP contribution >= 0.6 is 11.6 Å². The molecule has 1 aliphatic heterocycles. The van der Waals surface area contributed by atoms with Gasteiger partial charge in [0.05, 0.1) is 12.5 Å². The Morgan fingerprint density at radius 3 is 2.79 bits per heavy atom. The van der Waals surface area contributed by atoms with Gasteiger partial charge in [-0.2, -0.15) is 0 Å². The van der Waals surface area contributed by atoms with Gasteiger partial charge in [-0.25, -0.2) is 9.97 Å². The lowest BCUT2D eigenvalue weighted by Gasteiger charge is -2.25. The first kappa shape index (κ1) is 15.1. The third-order valence-electron chi connectivity index (χ3n) is 4.52. The van der Waals surface area contributed by atoms with E-state index in [0.29, 0.717) is 17.2 Å². The third-order valence-corrected chi connectivity index (χ3v) is 4.77. The van der Waals surface area contributed by atoms with Gasteiger partial charge >= 0.3 is 0 Å². The average molecular weight is 341 g/mol. The van der Waals surface area contributed by atoms with Crippen LogP contribution in [0.4, 0.5) is 0 Å². The van der Waals surface area contributed by atoms with Gasteiger partial charge in [0, 0.05) is 35.9 Å². The van der Waals surface area contributed by atoms with E-state index in [9.17, 15) is 4.79 Å². The van der Waals surface area contributed by atoms with Crippen LogP contribution in [0.1, 0.15) is 30.1 Å². The summed E-state index contributed by atoms with van der Waals surface area (Å²) in [7, 11) is 0. The van der Waals surface area contributed by atoms with E-state index in [0.717, 1.165) is 30.6 Å². The summed E-state index contributed by atoms with van der Waals surface area (Å²) < 4.78 is 1.97. The number of nitrogens with zero attached hydrogens (tertiary/aromatic N) is 4. The summed E-state index contributed by atoms with van der Waals surface area (Å²) in [4.78, 5) is 23.3. The normalized spacial score (nSPS) is 17.5. The maximum atomic E-state index is 12.8. The van der Waals surface area contributed by atoms with Crippen LogP contribution in [0.15, 0.2) is 48.9 Å². The summed E-state index contributed by atoms with van der Waals surface area (Å²) in [6, 6.07) is 9.52. The van der Waals surface area contributed by atoms with E-state index in [1.54, 1.807) is 12.4 Å². The first-order valence-corrected chi connectivity index (χ1v) is 8.42. The molecule has 0 bridgehead atoms. The quantitative estimate of drug-likeness (QED) is 0.735. The highest BCUT2D eigenvalue weighted by Crippen LogP contribution is 2.32. The van der Waals surface area contributed by atoms with Crippen molar-refractivity contribution in [3.05, 3.63) is 65.2 Å². The predicted octanol–water partition coefficient (Wildman–Crippen LogP) is 3.29. The van der Waals surface area contributed by atoms with Crippen molar-refractivity contribution in [1.82, 2.24) is 19.3 Å². The van der Waals surface area contributed by atoms with Gasteiger partial charge in [-0.1, -0.05) is 23.7 Å². The van der Waals surface area contributed by atoms with E-state index >= 15 is 0 Å². The van der Waals surface area contributed by atoms with Crippen LogP contribution in [0.25, 0.3) is 5.78 Å². The minimum atomic E-state index is 0.0736. The highest BCUT2D eigenvalue weighted by Gasteiger charge is 2.31. The smallest absolute Gasteiger partial charge is 0.233 e. The van der Waals surface area contributed by atoms with Crippen LogP contribution in [-0.4, -0.2) is 31.7 Å². The molecule has 1 amide bonds. The van der Waals surface area contributed by atoms with Crippen LogP contribution < -0.4 is 0 Å². The molecule has 4 rings (SSSR count). The van der Waals surface area contributed by atoms with Gasteiger partial charge in [-0.05, 0) is 36.6 Å². The Hall–Kier alpha value is -2.40. The van der Waals surface area contributed by atoms with Crippen molar-refractivity contribution in [2.75, 3.05) is 6.54 Å². The molecule has 6 heteroatoms. The largest absolute Gasteiger partial charge is 0.334 e. The monoisotopic (exact) mass is 340 g/mol. The lowest BCUT2D eigenvalue weighted by molar-refractivity contribution is -0.131. The number of halogens is 1. The number of fused-ring (bicyclic) bond motifs is 1. The van der Waals surface area contributed by atoms with Gasteiger partial charge in [-0.15, -0.1) is 0 Å². The van der Waals surface area contributed by atoms with Gasteiger partial charge in [0.2, 0.25) is 11.7 Å². The fraction of sp³-hybridized carbons (Fsp3) is 0.278. The molecule has 1 fully saturated rings. The second-order valence-corrected chi connectivity index (χ2v) is 6.45. The molecule has 2 aromatic heterocycles. The molecule has 3 aromatic rings. The SMILES string of the molecule is O=C(Cc1ccc(Cl)cc1)N1CCC[C@H]1c1ccnc2nccn12. The van der Waals surface area contributed by atoms with Gasteiger partial charge in [0.15, 0.2) is 0 Å². The Morgan fingerprint density at radius 1 is 1.17 bits per heavy atom. The molecule has 1 aromatic carbocycles. The first-order chi connectivity index (χ1) is 11.7. The number of amides is 1. The van der Waals surface area contributed by atoms with E-state index in [1.165, 1.54) is 0 Å². The standard InChI is InChI=1S/C18H17ClN4O/c19-14-5-3-13(4-6-14)12-17(24)22-10-1-2-15(22)16-7-8-20-18-21-9-11-23(16)18/h3-9,11,15H,1-2,10,12H2/t15-/m0/s1. The zero-order valence-electron chi connectivity index (χ0n) is 13.1. The molecule has 5 nitrogen and oxygen atoms in total. The Labute approximate surface area is 144 Å². The third kappa shape index (κ3) is 2.76. The predicted molar refractivity (Wildman–Crippen MR) is 91.8 cm³/mol. The molecular weight excluding hydrogens is 324 g/mol. The summed E-state index contributed by atoms with van der Waals surface area (Å²) in [5, 5.41) is 0.685. The maximum absolute atomic E-state index is 12.8. The van der Waals surface area contributed by atoms with Gasteiger partial charge in [0.1, 0.15) is 0 Å². The molecule has 0 saturated carbocycles. The lowest BCUT2D eigenvalue weighted by atomic mass is 10.1. The van der Waals surface area contributed by atoms with Crippen molar-refractivity contribution in [3.63, 3.8) is 0 Å². The van der Waals surface area contributed by atoms with Gasteiger partial charge in [-0.3, -0.25) is 9.20 Å². The molecule has 0 N–H and O–H groups in total. The Balaban J connectivity index is 1.59. The first-order valence-electron chi connectivity index (χ1n) is 8.04. The number of hydrogen-bond acceptors (Lipinski definition) is 3. The van der Waals surface area contributed by atoms with Gasteiger partial charge < -0.3 is 4.90 Å². The van der Waals surface area contributed by atoms with Crippen LogP contribution in [0, 0.1) is 0 Å². The molecule has 1 atom stereocenters. The van der Waals surface area contributed by atoms with Gasteiger partial charge in [0.25, 0.3) is 0 Å². The van der Waals surface area contributed by atoms with Crippen LogP contribution in [-0.2, 0) is 11.2 Å². The number of rotatable bonds is 3. The number of hydrogen-bond donors (Lipinski definition) is 0. The topological polar surface area (TPSA) is 50.5 Å². The zero-order chi connectivity index (χ0) is 16.5. The van der Waals surface area contributed by atoms with Crippen molar-refractivity contribution in [1.29, 1.82) is 0 Å². The molecule has 3 heterocycles. The highest BCUT2D eigenvalue weighted by molar-refractivity contribution is 6.30. The number of likely N-dealkylation sites (tertiary alicyclic amines) is 1. The maximum Gasteiger partial charge on any atom is 0.233 e. The van der Waals surface area contributed by atoms with E-state index in [2.05, 4.69) is 9.97 Å². The molecule has 1 aliphatic rings. The molecule has 0 unspecified atom stereocenters. The summed E-state index contributed by atoms with van der Waals surface area (Å²) in [5.41, 5.74) is 2.05. The van der Waals surface area contributed by atoms with Crippen molar-refractivity contribution < 1.29 is 4.79 Å². The van der Waals surface area contributed by atoms with Crippen molar-refractivity contribution >= 4 is 23.3 Å². The molecule has 0 radical (unpaired) electrons. The number of carbonyl (C=O) groups is 1. The number of benzene rings is 1. The summed E-state index contributed by atoms with van der Waals surface area (Å²) >= 11 is 5.91. The minimum absolute atomic E-state index is 0.0736. The summed E-state index contributed by atoms with van der Waals surface area (Å²) in [6.07, 6.45) is 7.77. The van der Waals surface area contributed by atoms with Crippen LogP contribution in [0.3, 0.4) is 0 Å². The van der Waals surface area contributed by atoms with E-state index in [4.69, 9.17) is 11.6 Å². The molecule has 24 heavy (non-hydrogen) atoms. The fourth-order valence-corrected chi connectivity index (χ4v) is 3.50. The van der Waals surface area contributed by atoms with Crippen molar-refractivity contribution in [2.24, 2.45) is 0 Å². The minimum Gasteiger partial charge on any atom is -0.334 e. The highest BCUT2D eigenvalue weighted by atomic mass is 35.5. The van der Waals surface area contributed by atoms with Crippen molar-refractivity contribution in [2.45, 2.75) is 25.3 Å². The Kier molecular flexibility index (Phi) is 3.94. The molecular formula is C18H17ClN4O. The molecule has 0 aliphatic carbocycles. The fourth-order valence-electron chi connectivity index (χ4n) is 3.38. The molecule has 1 saturated heterocycles. The number of imidazole rings is 1. The average Bonchev–Trinajstić information content (AvgIpc) is 3.25. The summed E-state index contributed by atoms with van der Waals surface area (Å²) in [6.45, 7) is 0.787. The second kappa shape index (κ2) is 6.24. The van der Waals surface area contributed by atoms with E-state index in [-0.39, 0.29) is 11.9 Å². The molecule has 0 spiro atoms. The van der Waals surface area contributed by atoms with E-state index in [1.807, 2.05) is 45.8 Å². The number of carbonyl (C=O) groups excluding carboxylic acids is 1. The van der Waals surface area contributed by atoms with E-state index < -0.39 is 0 Å². The Bertz CT molecular complexity index is 874. The zero-order valence-corrected chi connectivity index (χ0v) is 13.9. The number of aromatic nitrogens is 3. The molecule has 122 valence electrons. The second-order valence-electron chi connectivity index (χ2n) is 6.02. The Morgan fingerprint density at radius 2 is 1.96 bits per heavy atom. The lowest BCUT2D eigenvalue weighted by Crippen LogP contribution is -2.32. The van der Waals surface area contributed by atoms with Crippen LogP contribution in [0.5, 0.6) is 0 Å². The van der Waals surface area contributed by atoms with Crippen molar-refractivity contribution in [3.8, 4) is 0 Å².